The number of fused-ring (bicyclic) bond motifs is 1. The SMILES string of the molecule is CCCC(=O)N(C)Cc1cc2ccc(C)cc2[nH]c1=O. The molecule has 1 amide bonds. The summed E-state index contributed by atoms with van der Waals surface area (Å²) in [5.74, 6) is 0.0657. The van der Waals surface area contributed by atoms with E-state index in [2.05, 4.69) is 4.98 Å². The van der Waals surface area contributed by atoms with Gasteiger partial charge in [0.1, 0.15) is 0 Å². The Morgan fingerprint density at radius 2 is 2.05 bits per heavy atom. The minimum absolute atomic E-state index is 0.0657. The van der Waals surface area contributed by atoms with Crippen molar-refractivity contribution in [3.8, 4) is 0 Å². The third-order valence-electron chi connectivity index (χ3n) is 3.38. The highest BCUT2D eigenvalue weighted by Crippen LogP contribution is 2.14. The lowest BCUT2D eigenvalue weighted by Crippen LogP contribution is -2.28. The Morgan fingerprint density at radius 3 is 2.75 bits per heavy atom. The molecule has 2 rings (SSSR count). The first kappa shape index (κ1) is 14.3. The van der Waals surface area contributed by atoms with Gasteiger partial charge in [0.15, 0.2) is 0 Å². The molecular formula is C16H20N2O2. The second-order valence-electron chi connectivity index (χ2n) is 5.21. The highest BCUT2D eigenvalue weighted by atomic mass is 16.2. The number of nitrogens with zero attached hydrogens (tertiary/aromatic N) is 1. The van der Waals surface area contributed by atoms with Gasteiger partial charge in [-0.1, -0.05) is 19.1 Å². The number of pyridine rings is 1. The van der Waals surface area contributed by atoms with Crippen molar-refractivity contribution in [3.05, 3.63) is 45.7 Å². The molecule has 0 spiro atoms. The predicted molar refractivity (Wildman–Crippen MR) is 80.7 cm³/mol. The molecule has 106 valence electrons. The summed E-state index contributed by atoms with van der Waals surface area (Å²) >= 11 is 0. The molecule has 0 aliphatic rings. The number of H-pyrrole nitrogens is 1. The van der Waals surface area contributed by atoms with Crippen molar-refractivity contribution in [1.29, 1.82) is 0 Å². The van der Waals surface area contributed by atoms with E-state index in [1.54, 1.807) is 11.9 Å². The molecule has 0 aliphatic heterocycles. The Morgan fingerprint density at radius 1 is 1.30 bits per heavy atom. The van der Waals surface area contributed by atoms with Crippen molar-refractivity contribution >= 4 is 16.8 Å². The van der Waals surface area contributed by atoms with Crippen LogP contribution >= 0.6 is 0 Å². The number of nitrogens with one attached hydrogen (secondary N) is 1. The van der Waals surface area contributed by atoms with E-state index >= 15 is 0 Å². The molecule has 2 aromatic rings. The van der Waals surface area contributed by atoms with E-state index in [1.165, 1.54) is 0 Å². The number of amides is 1. The summed E-state index contributed by atoms with van der Waals surface area (Å²) < 4.78 is 0. The average molecular weight is 272 g/mol. The molecule has 20 heavy (non-hydrogen) atoms. The van der Waals surface area contributed by atoms with Gasteiger partial charge in [0.05, 0.1) is 6.54 Å². The van der Waals surface area contributed by atoms with Crippen LogP contribution in [0.25, 0.3) is 10.9 Å². The normalized spacial score (nSPS) is 10.8. The third kappa shape index (κ3) is 3.07. The van der Waals surface area contributed by atoms with E-state index in [4.69, 9.17) is 0 Å². The van der Waals surface area contributed by atoms with Gasteiger partial charge in [-0.25, -0.2) is 0 Å². The first-order valence-corrected chi connectivity index (χ1v) is 6.87. The van der Waals surface area contributed by atoms with Crippen molar-refractivity contribution in [3.63, 3.8) is 0 Å². The molecule has 0 fully saturated rings. The van der Waals surface area contributed by atoms with E-state index in [-0.39, 0.29) is 11.5 Å². The number of rotatable bonds is 4. The van der Waals surface area contributed by atoms with Crippen LogP contribution in [-0.2, 0) is 11.3 Å². The number of hydrogen-bond donors (Lipinski definition) is 1. The predicted octanol–water partition coefficient (Wildman–Crippen LogP) is 2.60. The maximum atomic E-state index is 12.1. The van der Waals surface area contributed by atoms with Crippen LogP contribution in [0.4, 0.5) is 0 Å². The van der Waals surface area contributed by atoms with Crippen LogP contribution in [0.1, 0.15) is 30.9 Å². The minimum atomic E-state index is -0.126. The Labute approximate surface area is 118 Å². The molecule has 1 aromatic carbocycles. The molecular weight excluding hydrogens is 252 g/mol. The van der Waals surface area contributed by atoms with Crippen molar-refractivity contribution in [2.45, 2.75) is 33.2 Å². The van der Waals surface area contributed by atoms with Crippen molar-refractivity contribution in [1.82, 2.24) is 9.88 Å². The fourth-order valence-corrected chi connectivity index (χ4v) is 2.23. The summed E-state index contributed by atoms with van der Waals surface area (Å²) in [4.78, 5) is 28.3. The molecule has 1 heterocycles. The molecule has 0 radical (unpaired) electrons. The molecule has 1 aromatic heterocycles. The molecule has 0 unspecified atom stereocenters. The van der Waals surface area contributed by atoms with Crippen LogP contribution in [0.15, 0.2) is 29.1 Å². The number of benzene rings is 1. The van der Waals surface area contributed by atoms with Crippen molar-refractivity contribution in [2.75, 3.05) is 7.05 Å². The number of carbonyl (C=O) groups excluding carboxylic acids is 1. The van der Waals surface area contributed by atoms with E-state index in [0.29, 0.717) is 18.5 Å². The summed E-state index contributed by atoms with van der Waals surface area (Å²) in [6.07, 6.45) is 1.33. The van der Waals surface area contributed by atoms with Gasteiger partial charge < -0.3 is 9.88 Å². The van der Waals surface area contributed by atoms with Crippen LogP contribution in [-0.4, -0.2) is 22.8 Å². The lowest BCUT2D eigenvalue weighted by atomic mass is 10.1. The molecule has 1 N–H and O–H groups in total. The largest absolute Gasteiger partial charge is 0.341 e. The Hall–Kier alpha value is -2.10. The van der Waals surface area contributed by atoms with Crippen LogP contribution in [0, 0.1) is 6.92 Å². The van der Waals surface area contributed by atoms with Crippen LogP contribution in [0.2, 0.25) is 0 Å². The monoisotopic (exact) mass is 272 g/mol. The van der Waals surface area contributed by atoms with Crippen molar-refractivity contribution in [2.24, 2.45) is 0 Å². The zero-order valence-corrected chi connectivity index (χ0v) is 12.2. The summed E-state index contributed by atoms with van der Waals surface area (Å²) in [5.41, 5.74) is 2.44. The first-order chi connectivity index (χ1) is 9.51. The maximum absolute atomic E-state index is 12.1. The fraction of sp³-hybridized carbons (Fsp3) is 0.375. The van der Waals surface area contributed by atoms with E-state index < -0.39 is 0 Å². The van der Waals surface area contributed by atoms with Crippen LogP contribution in [0.5, 0.6) is 0 Å². The lowest BCUT2D eigenvalue weighted by Gasteiger charge is -2.16. The second kappa shape index (κ2) is 5.90. The van der Waals surface area contributed by atoms with Gasteiger partial charge in [0.25, 0.3) is 5.56 Å². The number of aromatic nitrogens is 1. The Bertz CT molecular complexity index is 688. The first-order valence-electron chi connectivity index (χ1n) is 6.87. The van der Waals surface area contributed by atoms with Crippen molar-refractivity contribution < 1.29 is 4.79 Å². The quantitative estimate of drug-likeness (QED) is 0.930. The molecule has 0 saturated heterocycles. The molecule has 0 aliphatic carbocycles. The third-order valence-corrected chi connectivity index (χ3v) is 3.38. The highest BCUT2D eigenvalue weighted by Gasteiger charge is 2.11. The van der Waals surface area contributed by atoms with Gasteiger partial charge in [-0.2, -0.15) is 0 Å². The zero-order chi connectivity index (χ0) is 14.7. The summed E-state index contributed by atoms with van der Waals surface area (Å²) in [5, 5.41) is 0.988. The smallest absolute Gasteiger partial charge is 0.253 e. The fourth-order valence-electron chi connectivity index (χ4n) is 2.23. The molecule has 0 atom stereocenters. The Balaban J connectivity index is 2.31. The van der Waals surface area contributed by atoms with Crippen LogP contribution in [0.3, 0.4) is 0 Å². The summed E-state index contributed by atoms with van der Waals surface area (Å²) in [6, 6.07) is 7.81. The number of aryl methyl sites for hydroxylation is 1. The number of carbonyl (C=O) groups is 1. The summed E-state index contributed by atoms with van der Waals surface area (Å²) in [6.45, 7) is 4.30. The average Bonchev–Trinajstić information content (AvgIpc) is 2.40. The van der Waals surface area contributed by atoms with Gasteiger partial charge >= 0.3 is 0 Å². The van der Waals surface area contributed by atoms with E-state index in [0.717, 1.165) is 22.9 Å². The topological polar surface area (TPSA) is 53.2 Å². The standard InChI is InChI=1S/C16H20N2O2/c1-4-5-15(19)18(3)10-13-9-12-7-6-11(2)8-14(12)17-16(13)20/h6-9H,4-5,10H2,1-3H3,(H,17,20). The van der Waals surface area contributed by atoms with Crippen LogP contribution < -0.4 is 5.56 Å². The second-order valence-corrected chi connectivity index (χ2v) is 5.21. The van der Waals surface area contributed by atoms with Gasteiger partial charge in [0, 0.05) is 24.5 Å². The summed E-state index contributed by atoms with van der Waals surface area (Å²) in [7, 11) is 1.73. The highest BCUT2D eigenvalue weighted by molar-refractivity contribution is 5.80. The van der Waals surface area contributed by atoms with Gasteiger partial charge in [-0.15, -0.1) is 0 Å². The zero-order valence-electron chi connectivity index (χ0n) is 12.2. The van der Waals surface area contributed by atoms with Gasteiger partial charge in [-0.3, -0.25) is 9.59 Å². The lowest BCUT2D eigenvalue weighted by molar-refractivity contribution is -0.130. The minimum Gasteiger partial charge on any atom is -0.341 e. The molecule has 0 saturated carbocycles. The number of hydrogen-bond acceptors (Lipinski definition) is 2. The maximum Gasteiger partial charge on any atom is 0.253 e. The number of aromatic amines is 1. The van der Waals surface area contributed by atoms with Gasteiger partial charge in [0.2, 0.25) is 5.91 Å². The van der Waals surface area contributed by atoms with E-state index in [9.17, 15) is 9.59 Å². The molecule has 4 nitrogen and oxygen atoms in total. The molecule has 0 bridgehead atoms. The Kier molecular flexibility index (Phi) is 4.23. The molecule has 4 heteroatoms. The van der Waals surface area contributed by atoms with E-state index in [1.807, 2.05) is 38.1 Å². The van der Waals surface area contributed by atoms with Gasteiger partial charge in [-0.05, 0) is 36.4 Å².